The van der Waals surface area contributed by atoms with Crippen LogP contribution < -0.4 is 10.6 Å². The lowest BCUT2D eigenvalue weighted by Gasteiger charge is -2.23. The van der Waals surface area contributed by atoms with Crippen molar-refractivity contribution in [3.63, 3.8) is 0 Å². The quantitative estimate of drug-likeness (QED) is 0.761. The summed E-state index contributed by atoms with van der Waals surface area (Å²) >= 11 is 0. The number of hydrogen-bond acceptors (Lipinski definition) is 6. The topological polar surface area (TPSA) is 110 Å². The van der Waals surface area contributed by atoms with E-state index in [9.17, 15) is 13.2 Å². The van der Waals surface area contributed by atoms with E-state index in [0.717, 1.165) is 24.3 Å². The minimum absolute atomic E-state index is 0.205. The van der Waals surface area contributed by atoms with Gasteiger partial charge in [-0.2, -0.15) is 4.31 Å². The van der Waals surface area contributed by atoms with Crippen LogP contribution in [0.25, 0.3) is 0 Å². The molecule has 2 aromatic rings. The summed E-state index contributed by atoms with van der Waals surface area (Å²) in [5.41, 5.74) is 7.86. The van der Waals surface area contributed by atoms with E-state index in [-0.39, 0.29) is 10.8 Å². The van der Waals surface area contributed by atoms with Crippen LogP contribution in [0, 0.1) is 25.7 Å². The number of amides is 1. The Bertz CT molecular complexity index is 999. The van der Waals surface area contributed by atoms with E-state index in [1.54, 1.807) is 18.2 Å². The van der Waals surface area contributed by atoms with E-state index in [2.05, 4.69) is 22.2 Å². The van der Waals surface area contributed by atoms with E-state index in [1.165, 1.54) is 0 Å². The van der Waals surface area contributed by atoms with Gasteiger partial charge in [0.2, 0.25) is 15.9 Å². The van der Waals surface area contributed by atoms with Gasteiger partial charge in [0, 0.05) is 38.3 Å². The maximum absolute atomic E-state index is 13.1. The third-order valence-electron chi connectivity index (χ3n) is 5.95. The molecule has 2 fully saturated rings. The predicted molar refractivity (Wildman–Crippen MR) is 108 cm³/mol. The van der Waals surface area contributed by atoms with Crippen molar-refractivity contribution in [1.29, 1.82) is 0 Å². The molecule has 3 heterocycles. The van der Waals surface area contributed by atoms with Gasteiger partial charge in [0.05, 0.1) is 0 Å². The molecular weight excluding hydrogens is 392 g/mol. The average Bonchev–Trinajstić information content (AvgIpc) is 3.33. The van der Waals surface area contributed by atoms with Gasteiger partial charge >= 0.3 is 0 Å². The van der Waals surface area contributed by atoms with Gasteiger partial charge in [-0.15, -0.1) is 0 Å². The fourth-order valence-corrected chi connectivity index (χ4v) is 6.35. The van der Waals surface area contributed by atoms with Crippen molar-refractivity contribution in [2.45, 2.75) is 31.6 Å². The van der Waals surface area contributed by atoms with Crippen molar-refractivity contribution in [3.8, 4) is 0 Å². The molecule has 29 heavy (non-hydrogen) atoms. The third-order valence-corrected chi connectivity index (χ3v) is 8.03. The van der Waals surface area contributed by atoms with E-state index >= 15 is 0 Å². The lowest BCUT2D eigenvalue weighted by molar-refractivity contribution is -0.117. The summed E-state index contributed by atoms with van der Waals surface area (Å²) in [6.45, 7) is 5.95. The Morgan fingerprint density at radius 2 is 1.90 bits per heavy atom. The van der Waals surface area contributed by atoms with Crippen LogP contribution in [0.15, 0.2) is 33.7 Å². The summed E-state index contributed by atoms with van der Waals surface area (Å²) in [5.74, 6) is 0.624. The van der Waals surface area contributed by atoms with Crippen molar-refractivity contribution in [3.05, 3.63) is 41.3 Å². The Kier molecular flexibility index (Phi) is 5.12. The molecule has 2 unspecified atom stereocenters. The molecule has 9 heteroatoms. The Labute approximate surface area is 170 Å². The maximum atomic E-state index is 13.1. The second-order valence-corrected chi connectivity index (χ2v) is 9.91. The molecule has 0 saturated carbocycles. The average molecular weight is 419 g/mol. The van der Waals surface area contributed by atoms with Crippen molar-refractivity contribution in [2.75, 3.05) is 31.1 Å². The summed E-state index contributed by atoms with van der Waals surface area (Å²) in [7, 11) is -3.59. The van der Waals surface area contributed by atoms with Gasteiger partial charge in [0.1, 0.15) is 10.6 Å². The van der Waals surface area contributed by atoms with Crippen LogP contribution in [0.4, 0.5) is 5.69 Å². The molecule has 1 aromatic carbocycles. The Hall–Kier alpha value is -2.39. The molecule has 0 aliphatic carbocycles. The number of nitrogens with zero attached hydrogens (tertiary/aromatic N) is 3. The Balaban J connectivity index is 1.44. The SMILES string of the molecule is Cc1noc(C)c1S(=O)(=O)N1CC2CN(c3cccc(CCC(N)=O)c3)CC2C1. The Morgan fingerprint density at radius 3 is 2.48 bits per heavy atom. The molecule has 1 amide bonds. The number of nitrogens with two attached hydrogens (primary N) is 1. The minimum atomic E-state index is -3.59. The summed E-state index contributed by atoms with van der Waals surface area (Å²) < 4.78 is 32.8. The first-order chi connectivity index (χ1) is 13.8. The van der Waals surface area contributed by atoms with Crippen LogP contribution in [0.2, 0.25) is 0 Å². The van der Waals surface area contributed by atoms with Crippen LogP contribution in [-0.2, 0) is 21.2 Å². The molecule has 156 valence electrons. The smallest absolute Gasteiger partial charge is 0.248 e. The van der Waals surface area contributed by atoms with E-state index in [0.29, 0.717) is 49.2 Å². The molecule has 2 aliphatic heterocycles. The van der Waals surface area contributed by atoms with Crippen LogP contribution >= 0.6 is 0 Å². The second-order valence-electron chi connectivity index (χ2n) is 8.04. The maximum Gasteiger partial charge on any atom is 0.248 e. The third kappa shape index (κ3) is 3.76. The number of primary amides is 1. The minimum Gasteiger partial charge on any atom is -0.371 e. The highest BCUT2D eigenvalue weighted by molar-refractivity contribution is 7.89. The zero-order chi connectivity index (χ0) is 20.8. The highest BCUT2D eigenvalue weighted by Crippen LogP contribution is 2.37. The number of sulfonamides is 1. The molecule has 2 atom stereocenters. The van der Waals surface area contributed by atoms with Gasteiger partial charge in [-0.05, 0) is 49.8 Å². The first kappa shape index (κ1) is 19.9. The highest BCUT2D eigenvalue weighted by atomic mass is 32.2. The number of fused-ring (bicyclic) bond motifs is 1. The molecular formula is C20H26N4O4S. The van der Waals surface area contributed by atoms with Crippen LogP contribution in [0.5, 0.6) is 0 Å². The second kappa shape index (κ2) is 7.46. The van der Waals surface area contributed by atoms with Crippen molar-refractivity contribution >= 4 is 21.6 Å². The van der Waals surface area contributed by atoms with Gasteiger partial charge in [-0.3, -0.25) is 4.79 Å². The van der Waals surface area contributed by atoms with E-state index in [1.807, 2.05) is 12.1 Å². The molecule has 0 radical (unpaired) electrons. The van der Waals surface area contributed by atoms with Crippen LogP contribution in [0.1, 0.15) is 23.4 Å². The van der Waals surface area contributed by atoms with Gasteiger partial charge < -0.3 is 15.2 Å². The number of benzene rings is 1. The number of carbonyl (C=O) groups excluding carboxylic acids is 1. The van der Waals surface area contributed by atoms with Gasteiger partial charge in [0.15, 0.2) is 5.76 Å². The number of rotatable bonds is 6. The van der Waals surface area contributed by atoms with Gasteiger partial charge in [-0.25, -0.2) is 8.42 Å². The first-order valence-electron chi connectivity index (χ1n) is 9.81. The standard InChI is InChI=1S/C20H26N4O4S/c1-13-20(14(2)28-22-13)29(26,27)24-11-16-9-23(10-17(16)12-24)18-5-3-4-15(8-18)6-7-19(21)25/h3-5,8,16-17H,6-7,9-12H2,1-2H3,(H2,21,25). The normalized spacial score (nSPS) is 22.2. The van der Waals surface area contributed by atoms with E-state index in [4.69, 9.17) is 10.3 Å². The summed E-state index contributed by atoms with van der Waals surface area (Å²) in [6, 6.07) is 8.16. The van der Waals surface area contributed by atoms with Crippen molar-refractivity contribution in [2.24, 2.45) is 17.6 Å². The summed E-state index contributed by atoms with van der Waals surface area (Å²) in [5, 5.41) is 3.79. The fraction of sp³-hybridized carbons (Fsp3) is 0.500. The molecule has 0 bridgehead atoms. The number of aromatic nitrogens is 1. The number of anilines is 1. The lowest BCUT2D eigenvalue weighted by Crippen LogP contribution is -2.33. The van der Waals surface area contributed by atoms with Crippen molar-refractivity contribution in [1.82, 2.24) is 9.46 Å². The highest BCUT2D eigenvalue weighted by Gasteiger charge is 2.45. The van der Waals surface area contributed by atoms with Crippen LogP contribution in [0.3, 0.4) is 0 Å². The van der Waals surface area contributed by atoms with Gasteiger partial charge in [0.25, 0.3) is 0 Å². The van der Waals surface area contributed by atoms with Crippen LogP contribution in [-0.4, -0.2) is 50.0 Å². The number of hydrogen-bond donors (Lipinski definition) is 1. The molecule has 2 saturated heterocycles. The first-order valence-corrected chi connectivity index (χ1v) is 11.2. The lowest BCUT2D eigenvalue weighted by atomic mass is 10.0. The van der Waals surface area contributed by atoms with Crippen molar-refractivity contribution < 1.29 is 17.7 Å². The zero-order valence-corrected chi connectivity index (χ0v) is 17.5. The molecule has 1 aromatic heterocycles. The molecule has 8 nitrogen and oxygen atoms in total. The molecule has 0 spiro atoms. The van der Waals surface area contributed by atoms with Gasteiger partial charge in [-0.1, -0.05) is 17.3 Å². The zero-order valence-electron chi connectivity index (χ0n) is 16.7. The monoisotopic (exact) mass is 418 g/mol. The number of carbonyl (C=O) groups is 1. The van der Waals surface area contributed by atoms with E-state index < -0.39 is 10.0 Å². The largest absolute Gasteiger partial charge is 0.371 e. The Morgan fingerprint density at radius 1 is 1.21 bits per heavy atom. The molecule has 2 N–H and O–H groups in total. The summed E-state index contributed by atoms with van der Waals surface area (Å²) in [4.78, 5) is 13.5. The fourth-order valence-electron chi connectivity index (χ4n) is 4.51. The molecule has 2 aliphatic rings. The predicted octanol–water partition coefficient (Wildman–Crippen LogP) is 1.47. The number of aryl methyl sites for hydroxylation is 3. The summed E-state index contributed by atoms with van der Waals surface area (Å²) in [6.07, 6.45) is 0.969. The molecule has 4 rings (SSSR count).